The van der Waals surface area contributed by atoms with Gasteiger partial charge in [0.05, 0.1) is 12.4 Å². The van der Waals surface area contributed by atoms with Crippen molar-refractivity contribution >= 4 is 15.6 Å². The predicted molar refractivity (Wildman–Crippen MR) is 51.7 cm³/mol. The lowest BCUT2D eigenvalue weighted by atomic mass is 9.93. The number of carbonyl (C=O) groups excluding carboxylic acids is 1. The molecule has 1 fully saturated rings. The molecule has 0 spiro atoms. The Morgan fingerprint density at radius 2 is 2.21 bits per heavy atom. The lowest BCUT2D eigenvalue weighted by molar-refractivity contribution is -0.123. The van der Waals surface area contributed by atoms with Gasteiger partial charge in [0.25, 0.3) is 0 Å². The van der Waals surface area contributed by atoms with E-state index in [0.717, 1.165) is 6.26 Å². The highest BCUT2D eigenvalue weighted by Gasteiger charge is 2.37. The fourth-order valence-corrected chi connectivity index (χ4v) is 1.88. The SMILES string of the molecule is CS(=O)(=O)CCC(=O)C1(N)CCOC1. The van der Waals surface area contributed by atoms with E-state index in [1.54, 1.807) is 0 Å². The summed E-state index contributed by atoms with van der Waals surface area (Å²) in [5.41, 5.74) is 4.81. The number of ether oxygens (including phenoxy) is 1. The first-order valence-electron chi connectivity index (χ1n) is 4.41. The van der Waals surface area contributed by atoms with Crippen molar-refractivity contribution < 1.29 is 17.9 Å². The molecule has 0 aromatic rings. The number of carbonyl (C=O) groups is 1. The molecule has 1 saturated heterocycles. The molecule has 1 heterocycles. The molecule has 0 amide bonds. The lowest BCUT2D eigenvalue weighted by Gasteiger charge is -2.19. The maximum Gasteiger partial charge on any atom is 0.156 e. The number of sulfone groups is 1. The van der Waals surface area contributed by atoms with Gasteiger partial charge in [-0.3, -0.25) is 4.79 Å². The summed E-state index contributed by atoms with van der Waals surface area (Å²) in [6.45, 7) is 0.677. The Bertz CT molecular complexity index is 316. The summed E-state index contributed by atoms with van der Waals surface area (Å²) in [7, 11) is -3.09. The molecule has 1 unspecified atom stereocenters. The van der Waals surface area contributed by atoms with Crippen molar-refractivity contribution in [2.75, 3.05) is 25.2 Å². The molecule has 0 aromatic heterocycles. The van der Waals surface area contributed by atoms with Crippen LogP contribution in [0, 0.1) is 0 Å². The molecule has 5 nitrogen and oxygen atoms in total. The Morgan fingerprint density at radius 1 is 1.57 bits per heavy atom. The Hall–Kier alpha value is -0.460. The second kappa shape index (κ2) is 3.96. The number of hydrogen-bond donors (Lipinski definition) is 1. The van der Waals surface area contributed by atoms with Crippen molar-refractivity contribution in [3.63, 3.8) is 0 Å². The monoisotopic (exact) mass is 221 g/mol. The molecule has 0 radical (unpaired) electrons. The molecule has 1 aliphatic heterocycles. The molecule has 14 heavy (non-hydrogen) atoms. The molecule has 1 rings (SSSR count). The van der Waals surface area contributed by atoms with Crippen LogP contribution in [0.1, 0.15) is 12.8 Å². The van der Waals surface area contributed by atoms with Crippen molar-refractivity contribution in [1.29, 1.82) is 0 Å². The number of hydrogen-bond acceptors (Lipinski definition) is 5. The van der Waals surface area contributed by atoms with Crippen LogP contribution in [0.5, 0.6) is 0 Å². The van der Waals surface area contributed by atoms with E-state index < -0.39 is 15.4 Å². The van der Waals surface area contributed by atoms with Crippen molar-refractivity contribution in [2.45, 2.75) is 18.4 Å². The summed E-state index contributed by atoms with van der Waals surface area (Å²) in [5.74, 6) is -0.356. The quantitative estimate of drug-likeness (QED) is 0.665. The van der Waals surface area contributed by atoms with Gasteiger partial charge in [-0.05, 0) is 6.42 Å². The van der Waals surface area contributed by atoms with Crippen LogP contribution in [0.2, 0.25) is 0 Å². The molecule has 1 aliphatic rings. The first-order valence-corrected chi connectivity index (χ1v) is 6.47. The molecule has 0 aliphatic carbocycles. The Labute approximate surface area is 83.5 Å². The van der Waals surface area contributed by atoms with Gasteiger partial charge in [-0.15, -0.1) is 0 Å². The topological polar surface area (TPSA) is 86.5 Å². The molecule has 2 N–H and O–H groups in total. The van der Waals surface area contributed by atoms with Crippen molar-refractivity contribution in [1.82, 2.24) is 0 Å². The Balaban J connectivity index is 2.50. The van der Waals surface area contributed by atoms with Crippen LogP contribution >= 0.6 is 0 Å². The standard InChI is InChI=1S/C8H15NO4S/c1-14(11,12)5-2-7(10)8(9)3-4-13-6-8/h2-6,9H2,1H3. The zero-order chi connectivity index (χ0) is 10.8. The number of rotatable bonds is 4. The second-order valence-corrected chi connectivity index (χ2v) is 6.02. The van der Waals surface area contributed by atoms with E-state index in [1.165, 1.54) is 0 Å². The van der Waals surface area contributed by atoms with Gasteiger partial charge in [0.2, 0.25) is 0 Å². The van der Waals surface area contributed by atoms with E-state index in [-0.39, 0.29) is 24.6 Å². The van der Waals surface area contributed by atoms with Gasteiger partial charge in [0.1, 0.15) is 15.4 Å². The van der Waals surface area contributed by atoms with E-state index >= 15 is 0 Å². The minimum absolute atomic E-state index is 0.0152. The molecule has 1 atom stereocenters. The summed E-state index contributed by atoms with van der Waals surface area (Å²) in [6, 6.07) is 0. The van der Waals surface area contributed by atoms with Crippen molar-refractivity contribution in [3.05, 3.63) is 0 Å². The minimum atomic E-state index is -3.09. The number of ketones is 1. The third-order valence-electron chi connectivity index (χ3n) is 2.31. The average molecular weight is 221 g/mol. The van der Waals surface area contributed by atoms with Crippen LogP contribution in [0.3, 0.4) is 0 Å². The fourth-order valence-electron chi connectivity index (χ4n) is 1.33. The molecule has 0 aromatic carbocycles. The zero-order valence-electron chi connectivity index (χ0n) is 8.15. The third-order valence-corrected chi connectivity index (χ3v) is 3.25. The largest absolute Gasteiger partial charge is 0.379 e. The van der Waals surface area contributed by atoms with Gasteiger partial charge < -0.3 is 10.5 Å². The van der Waals surface area contributed by atoms with Gasteiger partial charge in [-0.2, -0.15) is 0 Å². The van der Waals surface area contributed by atoms with E-state index in [2.05, 4.69) is 0 Å². The summed E-state index contributed by atoms with van der Waals surface area (Å²) in [6.07, 6.45) is 1.57. The second-order valence-electron chi connectivity index (χ2n) is 3.76. The van der Waals surface area contributed by atoms with Crippen molar-refractivity contribution in [2.24, 2.45) is 5.73 Å². The Morgan fingerprint density at radius 3 is 2.64 bits per heavy atom. The first kappa shape index (κ1) is 11.6. The lowest BCUT2D eigenvalue weighted by Crippen LogP contribution is -2.49. The highest BCUT2D eigenvalue weighted by atomic mass is 32.2. The fraction of sp³-hybridized carbons (Fsp3) is 0.875. The summed E-state index contributed by atoms with van der Waals surface area (Å²) < 4.78 is 26.7. The van der Waals surface area contributed by atoms with Gasteiger partial charge in [-0.25, -0.2) is 8.42 Å². The maximum atomic E-state index is 11.5. The molecule has 0 saturated carbocycles. The van der Waals surface area contributed by atoms with E-state index in [1.807, 2.05) is 0 Å². The van der Waals surface area contributed by atoms with Gasteiger partial charge >= 0.3 is 0 Å². The summed E-state index contributed by atoms with van der Waals surface area (Å²) in [5, 5.41) is 0. The molecule has 0 bridgehead atoms. The number of nitrogens with two attached hydrogens (primary N) is 1. The van der Waals surface area contributed by atoms with E-state index in [4.69, 9.17) is 10.5 Å². The molecule has 82 valence electrons. The van der Waals surface area contributed by atoms with E-state index in [9.17, 15) is 13.2 Å². The Kier molecular flexibility index (Phi) is 3.28. The molecule has 6 heteroatoms. The normalized spacial score (nSPS) is 27.9. The smallest absolute Gasteiger partial charge is 0.156 e. The van der Waals surface area contributed by atoms with Crippen LogP contribution in [0.15, 0.2) is 0 Å². The van der Waals surface area contributed by atoms with Crippen molar-refractivity contribution in [3.8, 4) is 0 Å². The predicted octanol–water partition coefficient (Wildman–Crippen LogP) is -0.892. The van der Waals surface area contributed by atoms with Gasteiger partial charge in [0, 0.05) is 19.3 Å². The van der Waals surface area contributed by atoms with Crippen LogP contribution in [0.4, 0.5) is 0 Å². The van der Waals surface area contributed by atoms with E-state index in [0.29, 0.717) is 13.0 Å². The maximum absolute atomic E-state index is 11.5. The highest BCUT2D eigenvalue weighted by molar-refractivity contribution is 7.90. The highest BCUT2D eigenvalue weighted by Crippen LogP contribution is 2.18. The number of Topliss-reactive ketones (excluding diaryl/α,β-unsaturated/α-hetero) is 1. The van der Waals surface area contributed by atoms with Crippen LogP contribution in [-0.2, 0) is 19.4 Å². The molecular weight excluding hydrogens is 206 g/mol. The first-order chi connectivity index (χ1) is 6.33. The third kappa shape index (κ3) is 3.04. The summed E-state index contributed by atoms with van der Waals surface area (Å²) in [4.78, 5) is 11.5. The minimum Gasteiger partial charge on any atom is -0.379 e. The van der Waals surface area contributed by atoms with Gasteiger partial charge in [-0.1, -0.05) is 0 Å². The van der Waals surface area contributed by atoms with Crippen LogP contribution < -0.4 is 5.73 Å². The van der Waals surface area contributed by atoms with Crippen LogP contribution in [0.25, 0.3) is 0 Å². The molecular formula is C8H15NO4S. The van der Waals surface area contributed by atoms with Crippen LogP contribution in [-0.4, -0.2) is 45.0 Å². The van der Waals surface area contributed by atoms with Gasteiger partial charge in [0.15, 0.2) is 5.78 Å². The zero-order valence-corrected chi connectivity index (χ0v) is 8.97. The summed E-state index contributed by atoms with van der Waals surface area (Å²) >= 11 is 0. The average Bonchev–Trinajstić information content (AvgIpc) is 2.48.